The number of ether oxygens (including phenoxy) is 1. The van der Waals surface area contributed by atoms with Crippen molar-refractivity contribution in [1.82, 2.24) is 4.90 Å². The van der Waals surface area contributed by atoms with E-state index in [0.717, 1.165) is 18.3 Å². The van der Waals surface area contributed by atoms with Crippen LogP contribution in [0.2, 0.25) is 0 Å². The minimum atomic E-state index is -0.486. The topological polar surface area (TPSA) is 46.6 Å². The van der Waals surface area contributed by atoms with Crippen molar-refractivity contribution in [3.05, 3.63) is 11.6 Å². The third-order valence-electron chi connectivity index (χ3n) is 8.39. The van der Waals surface area contributed by atoms with Crippen LogP contribution in [0.4, 0.5) is 0 Å². The van der Waals surface area contributed by atoms with Crippen LogP contribution in [-0.4, -0.2) is 37.0 Å². The third kappa shape index (κ3) is 2.25. The number of carbonyl (C=O) groups excluding carboxylic acids is 2. The normalized spacial score (nSPS) is 46.0. The predicted octanol–water partition coefficient (Wildman–Crippen LogP) is 3.56. The second-order valence-electron chi connectivity index (χ2n) is 9.39. The molecule has 3 fully saturated rings. The molecule has 0 spiro atoms. The lowest BCUT2D eigenvalue weighted by atomic mass is 9.48. The maximum atomic E-state index is 12.7. The Balaban J connectivity index is 1.75. The molecule has 0 aromatic rings. The van der Waals surface area contributed by atoms with Gasteiger partial charge in [-0.1, -0.05) is 26.3 Å². The molecule has 25 heavy (non-hydrogen) atoms. The van der Waals surface area contributed by atoms with Gasteiger partial charge in [-0.25, -0.2) is 4.79 Å². The number of rotatable bonds is 1. The summed E-state index contributed by atoms with van der Waals surface area (Å²) in [6.45, 7) is 4.79. The molecular weight excluding hydrogens is 314 g/mol. The van der Waals surface area contributed by atoms with Crippen LogP contribution in [0.25, 0.3) is 0 Å². The van der Waals surface area contributed by atoms with Crippen molar-refractivity contribution in [2.45, 2.75) is 64.8 Å². The van der Waals surface area contributed by atoms with Crippen molar-refractivity contribution in [3.63, 3.8) is 0 Å². The van der Waals surface area contributed by atoms with Crippen LogP contribution in [0.5, 0.6) is 0 Å². The van der Waals surface area contributed by atoms with Gasteiger partial charge in [-0.05, 0) is 61.7 Å². The number of carbonyl (C=O) groups is 2. The van der Waals surface area contributed by atoms with E-state index in [4.69, 9.17) is 4.74 Å². The van der Waals surface area contributed by atoms with Crippen molar-refractivity contribution in [3.8, 4) is 0 Å². The van der Waals surface area contributed by atoms with E-state index in [0.29, 0.717) is 11.3 Å². The Labute approximate surface area is 151 Å². The molecule has 4 aliphatic rings. The highest BCUT2D eigenvalue weighted by Crippen LogP contribution is 2.64. The minimum Gasteiger partial charge on any atom is -0.465 e. The van der Waals surface area contributed by atoms with Crippen molar-refractivity contribution >= 4 is 11.9 Å². The van der Waals surface area contributed by atoms with E-state index >= 15 is 0 Å². The zero-order valence-electron chi connectivity index (χ0n) is 16.0. The molecule has 6 atom stereocenters. The minimum absolute atomic E-state index is 0.112. The molecule has 1 aliphatic heterocycles. The van der Waals surface area contributed by atoms with E-state index in [1.165, 1.54) is 45.6 Å². The van der Waals surface area contributed by atoms with Crippen LogP contribution in [0.3, 0.4) is 0 Å². The van der Waals surface area contributed by atoms with Gasteiger partial charge in [0.15, 0.2) is 0 Å². The molecule has 4 heteroatoms. The summed E-state index contributed by atoms with van der Waals surface area (Å²) >= 11 is 0. The molecule has 0 aromatic heterocycles. The van der Waals surface area contributed by atoms with Gasteiger partial charge in [0.25, 0.3) is 5.91 Å². The van der Waals surface area contributed by atoms with Gasteiger partial charge in [-0.2, -0.15) is 0 Å². The van der Waals surface area contributed by atoms with E-state index < -0.39 is 5.97 Å². The van der Waals surface area contributed by atoms with Gasteiger partial charge in [0, 0.05) is 18.5 Å². The van der Waals surface area contributed by atoms with E-state index in [1.807, 2.05) is 18.0 Å². The number of methoxy groups -OCH3 is 1. The van der Waals surface area contributed by atoms with Crippen LogP contribution in [0, 0.1) is 28.6 Å². The molecule has 138 valence electrons. The third-order valence-corrected chi connectivity index (χ3v) is 8.39. The fourth-order valence-corrected chi connectivity index (χ4v) is 7.14. The summed E-state index contributed by atoms with van der Waals surface area (Å²) in [6.07, 6.45) is 10.9. The van der Waals surface area contributed by atoms with Crippen LogP contribution in [0.15, 0.2) is 11.6 Å². The zero-order chi connectivity index (χ0) is 18.0. The van der Waals surface area contributed by atoms with E-state index in [-0.39, 0.29) is 22.9 Å². The Morgan fingerprint density at radius 2 is 1.92 bits per heavy atom. The number of hydrogen-bond acceptors (Lipinski definition) is 3. The molecule has 0 bridgehead atoms. The van der Waals surface area contributed by atoms with Crippen molar-refractivity contribution in [1.29, 1.82) is 0 Å². The fraction of sp³-hybridized carbons (Fsp3) is 0.810. The second kappa shape index (κ2) is 5.59. The molecular formula is C21H31NO3. The van der Waals surface area contributed by atoms with Crippen molar-refractivity contribution in [2.24, 2.45) is 28.6 Å². The summed E-state index contributed by atoms with van der Waals surface area (Å²) in [6, 6.07) is 0.209. The summed E-state index contributed by atoms with van der Waals surface area (Å²) in [5.74, 6) is 1.47. The Morgan fingerprint density at radius 1 is 1.16 bits per heavy atom. The second-order valence-corrected chi connectivity index (χ2v) is 9.39. The Bertz CT molecular complexity index is 641. The molecule has 0 saturated heterocycles. The van der Waals surface area contributed by atoms with Gasteiger partial charge in [0.05, 0.1) is 7.11 Å². The first-order chi connectivity index (χ1) is 11.8. The molecule has 4 rings (SSSR count). The van der Waals surface area contributed by atoms with Crippen LogP contribution < -0.4 is 0 Å². The van der Waals surface area contributed by atoms with Gasteiger partial charge < -0.3 is 9.64 Å². The summed E-state index contributed by atoms with van der Waals surface area (Å²) in [5.41, 5.74) is 0.651. The monoisotopic (exact) mass is 345 g/mol. The number of amides is 1. The summed E-state index contributed by atoms with van der Waals surface area (Å²) in [7, 11) is 3.23. The number of nitrogens with zero attached hydrogens (tertiary/aromatic N) is 1. The Hall–Kier alpha value is -1.32. The van der Waals surface area contributed by atoms with Gasteiger partial charge in [-0.15, -0.1) is 0 Å². The van der Waals surface area contributed by atoms with Gasteiger partial charge >= 0.3 is 5.97 Å². The lowest BCUT2D eigenvalue weighted by Crippen LogP contribution is -2.60. The maximum absolute atomic E-state index is 12.7. The number of hydrogen-bond donors (Lipinski definition) is 0. The molecule has 1 amide bonds. The van der Waals surface area contributed by atoms with Crippen LogP contribution >= 0.6 is 0 Å². The van der Waals surface area contributed by atoms with Crippen LogP contribution in [0.1, 0.15) is 58.8 Å². The average Bonchev–Trinajstić information content (AvgIpc) is 2.99. The lowest BCUT2D eigenvalue weighted by Gasteiger charge is -2.60. The maximum Gasteiger partial charge on any atom is 0.343 e. The van der Waals surface area contributed by atoms with E-state index in [1.54, 1.807) is 0 Å². The van der Waals surface area contributed by atoms with Crippen molar-refractivity contribution < 1.29 is 14.3 Å². The lowest BCUT2D eigenvalue weighted by molar-refractivity contribution is -0.147. The first-order valence-electron chi connectivity index (χ1n) is 9.90. The number of fused-ring (bicyclic) bond motifs is 5. The Morgan fingerprint density at radius 3 is 2.64 bits per heavy atom. The van der Waals surface area contributed by atoms with Crippen molar-refractivity contribution in [2.75, 3.05) is 14.2 Å². The van der Waals surface area contributed by atoms with Gasteiger partial charge in [0.2, 0.25) is 0 Å². The molecule has 1 unspecified atom stereocenters. The molecule has 3 saturated carbocycles. The Kier molecular flexibility index (Phi) is 3.82. The highest BCUT2D eigenvalue weighted by Gasteiger charge is 2.59. The number of esters is 1. The van der Waals surface area contributed by atoms with E-state index in [2.05, 4.69) is 13.8 Å². The average molecular weight is 345 g/mol. The number of likely N-dealkylation sites (N-methyl/N-ethyl adjacent to an activating group) is 1. The molecule has 3 aliphatic carbocycles. The first kappa shape index (κ1) is 17.1. The molecule has 0 aromatic carbocycles. The van der Waals surface area contributed by atoms with Gasteiger partial charge in [0.1, 0.15) is 5.57 Å². The zero-order valence-corrected chi connectivity index (χ0v) is 16.0. The first-order valence-corrected chi connectivity index (χ1v) is 9.90. The fourth-order valence-electron chi connectivity index (χ4n) is 7.14. The highest BCUT2D eigenvalue weighted by molar-refractivity contribution is 6.17. The van der Waals surface area contributed by atoms with Gasteiger partial charge in [-0.3, -0.25) is 4.79 Å². The summed E-state index contributed by atoms with van der Waals surface area (Å²) < 4.78 is 4.90. The molecule has 0 N–H and O–H groups in total. The molecule has 1 heterocycles. The predicted molar refractivity (Wildman–Crippen MR) is 95.7 cm³/mol. The quantitative estimate of drug-likeness (QED) is 0.539. The highest BCUT2D eigenvalue weighted by atomic mass is 16.5. The van der Waals surface area contributed by atoms with Crippen LogP contribution in [-0.2, 0) is 14.3 Å². The smallest absolute Gasteiger partial charge is 0.343 e. The standard InChI is InChI=1S/C21H31NO3/c1-20-10-5-6-15(20)13-7-8-17-21(2,16(13)9-11-20)12-14(19(24)25-4)18(23)22(17)3/h12-13,15-17H,5-11H2,1-4H3/t13-,15-,16+,17?,20-,21+/m0/s1. The SMILES string of the molecule is COC(=O)C1=C[C@@]2(C)C(CC[C@@H]3[C@H]2CC[C@]2(C)CCC[C@@H]32)N(C)C1=O. The summed E-state index contributed by atoms with van der Waals surface area (Å²) in [5, 5.41) is 0. The molecule has 4 nitrogen and oxygen atoms in total. The largest absolute Gasteiger partial charge is 0.465 e. The van der Waals surface area contributed by atoms with E-state index in [9.17, 15) is 9.59 Å². The summed E-state index contributed by atoms with van der Waals surface area (Å²) in [4.78, 5) is 26.7. The molecule has 0 radical (unpaired) electrons.